The molecule has 0 N–H and O–H groups in total. The summed E-state index contributed by atoms with van der Waals surface area (Å²) in [5, 5.41) is 0.619. The molecule has 0 saturated carbocycles. The Hall–Kier alpha value is -0.860. The number of carbonyl (C=O) groups is 1. The molecule has 0 aromatic heterocycles. The SMILES string of the molecule is CCOC(C(C)=O)c1cccc(Cl)c1. The van der Waals surface area contributed by atoms with Gasteiger partial charge in [0.2, 0.25) is 0 Å². The summed E-state index contributed by atoms with van der Waals surface area (Å²) in [5.74, 6) is -0.00545. The van der Waals surface area contributed by atoms with Crippen LogP contribution in [0.5, 0.6) is 0 Å². The molecule has 0 aliphatic carbocycles. The molecule has 1 aromatic carbocycles. The summed E-state index contributed by atoms with van der Waals surface area (Å²) >= 11 is 5.83. The lowest BCUT2D eigenvalue weighted by atomic mass is 10.1. The molecule has 0 amide bonds. The van der Waals surface area contributed by atoms with E-state index in [-0.39, 0.29) is 5.78 Å². The smallest absolute Gasteiger partial charge is 0.163 e. The highest BCUT2D eigenvalue weighted by Crippen LogP contribution is 2.21. The molecule has 0 aliphatic rings. The zero-order valence-corrected chi connectivity index (χ0v) is 9.04. The Bertz CT molecular complexity index is 323. The Morgan fingerprint density at radius 1 is 1.57 bits per heavy atom. The Labute approximate surface area is 88.8 Å². The molecule has 0 aliphatic heterocycles. The van der Waals surface area contributed by atoms with Crippen LogP contribution in [0.3, 0.4) is 0 Å². The zero-order valence-electron chi connectivity index (χ0n) is 8.29. The van der Waals surface area contributed by atoms with Gasteiger partial charge in [-0.2, -0.15) is 0 Å². The van der Waals surface area contributed by atoms with Gasteiger partial charge < -0.3 is 4.74 Å². The second-order valence-corrected chi connectivity index (χ2v) is 3.44. The molecule has 76 valence electrons. The predicted octanol–water partition coefficient (Wildman–Crippen LogP) is 3.01. The van der Waals surface area contributed by atoms with Crippen molar-refractivity contribution in [2.24, 2.45) is 0 Å². The summed E-state index contributed by atoms with van der Waals surface area (Å²) in [6, 6.07) is 7.18. The maximum Gasteiger partial charge on any atom is 0.163 e. The Kier molecular flexibility index (Phi) is 4.11. The third-order valence-electron chi connectivity index (χ3n) is 1.85. The summed E-state index contributed by atoms with van der Waals surface area (Å²) < 4.78 is 5.34. The van der Waals surface area contributed by atoms with Gasteiger partial charge in [0.25, 0.3) is 0 Å². The number of rotatable bonds is 4. The largest absolute Gasteiger partial charge is 0.366 e. The molecule has 1 aromatic rings. The van der Waals surface area contributed by atoms with Crippen LogP contribution in [0.1, 0.15) is 25.5 Å². The molecule has 0 saturated heterocycles. The molecule has 1 atom stereocenters. The van der Waals surface area contributed by atoms with Gasteiger partial charge in [-0.05, 0) is 31.5 Å². The van der Waals surface area contributed by atoms with E-state index in [4.69, 9.17) is 16.3 Å². The molecule has 0 bridgehead atoms. The minimum Gasteiger partial charge on any atom is -0.366 e. The fraction of sp³-hybridized carbons (Fsp3) is 0.364. The highest BCUT2D eigenvalue weighted by molar-refractivity contribution is 6.30. The van der Waals surface area contributed by atoms with E-state index in [1.807, 2.05) is 19.1 Å². The number of ketones is 1. The van der Waals surface area contributed by atoms with E-state index >= 15 is 0 Å². The van der Waals surface area contributed by atoms with Gasteiger partial charge in [0.1, 0.15) is 6.10 Å². The number of hydrogen-bond acceptors (Lipinski definition) is 2. The van der Waals surface area contributed by atoms with Crippen molar-refractivity contribution < 1.29 is 9.53 Å². The molecule has 3 heteroatoms. The fourth-order valence-corrected chi connectivity index (χ4v) is 1.48. The van der Waals surface area contributed by atoms with Gasteiger partial charge in [0, 0.05) is 11.6 Å². The van der Waals surface area contributed by atoms with Crippen molar-refractivity contribution in [3.63, 3.8) is 0 Å². The van der Waals surface area contributed by atoms with E-state index in [0.717, 1.165) is 5.56 Å². The second-order valence-electron chi connectivity index (χ2n) is 3.00. The maximum absolute atomic E-state index is 11.3. The van der Waals surface area contributed by atoms with Gasteiger partial charge in [-0.25, -0.2) is 0 Å². The van der Waals surface area contributed by atoms with Crippen molar-refractivity contribution in [1.29, 1.82) is 0 Å². The van der Waals surface area contributed by atoms with Gasteiger partial charge in [0.15, 0.2) is 5.78 Å². The molecule has 1 rings (SSSR count). The van der Waals surface area contributed by atoms with Crippen LogP contribution in [0, 0.1) is 0 Å². The molecule has 0 spiro atoms. The second kappa shape index (κ2) is 5.13. The highest BCUT2D eigenvalue weighted by atomic mass is 35.5. The number of Topliss-reactive ketones (excluding diaryl/α,β-unsaturated/α-hetero) is 1. The Morgan fingerprint density at radius 2 is 2.29 bits per heavy atom. The van der Waals surface area contributed by atoms with Crippen LogP contribution < -0.4 is 0 Å². The summed E-state index contributed by atoms with van der Waals surface area (Å²) in [6.07, 6.45) is -0.487. The lowest BCUT2D eigenvalue weighted by Gasteiger charge is -2.14. The van der Waals surface area contributed by atoms with Crippen molar-refractivity contribution in [2.75, 3.05) is 6.61 Å². The van der Waals surface area contributed by atoms with Crippen molar-refractivity contribution in [2.45, 2.75) is 20.0 Å². The van der Waals surface area contributed by atoms with E-state index in [0.29, 0.717) is 11.6 Å². The van der Waals surface area contributed by atoms with Gasteiger partial charge in [-0.15, -0.1) is 0 Å². The van der Waals surface area contributed by atoms with Crippen LogP contribution in [0.2, 0.25) is 5.02 Å². The average molecular weight is 213 g/mol. The molecule has 2 nitrogen and oxygen atoms in total. The number of carbonyl (C=O) groups excluding carboxylic acids is 1. The van der Waals surface area contributed by atoms with Gasteiger partial charge >= 0.3 is 0 Å². The van der Waals surface area contributed by atoms with Crippen LogP contribution in [-0.2, 0) is 9.53 Å². The minimum atomic E-state index is -0.487. The summed E-state index contributed by atoms with van der Waals surface area (Å²) in [6.45, 7) is 3.89. The monoisotopic (exact) mass is 212 g/mol. The lowest BCUT2D eigenvalue weighted by Crippen LogP contribution is -2.12. The van der Waals surface area contributed by atoms with E-state index in [1.165, 1.54) is 6.92 Å². The van der Waals surface area contributed by atoms with Gasteiger partial charge in [-0.1, -0.05) is 23.7 Å². The fourth-order valence-electron chi connectivity index (χ4n) is 1.28. The topological polar surface area (TPSA) is 26.3 Å². The first kappa shape index (κ1) is 11.2. The maximum atomic E-state index is 11.3. The van der Waals surface area contributed by atoms with Crippen molar-refractivity contribution in [3.8, 4) is 0 Å². The van der Waals surface area contributed by atoms with Crippen molar-refractivity contribution >= 4 is 17.4 Å². The van der Waals surface area contributed by atoms with Crippen LogP contribution in [0.15, 0.2) is 24.3 Å². The van der Waals surface area contributed by atoms with Crippen molar-refractivity contribution in [1.82, 2.24) is 0 Å². The first-order valence-corrected chi connectivity index (χ1v) is 4.90. The summed E-state index contributed by atoms with van der Waals surface area (Å²) in [7, 11) is 0. The lowest BCUT2D eigenvalue weighted by molar-refractivity contribution is -0.128. The number of hydrogen-bond donors (Lipinski definition) is 0. The van der Waals surface area contributed by atoms with Gasteiger partial charge in [0.05, 0.1) is 0 Å². The summed E-state index contributed by atoms with van der Waals surface area (Å²) in [5.41, 5.74) is 0.812. The average Bonchev–Trinajstić information content (AvgIpc) is 2.13. The minimum absolute atomic E-state index is 0.00545. The van der Waals surface area contributed by atoms with Gasteiger partial charge in [-0.3, -0.25) is 4.79 Å². The van der Waals surface area contributed by atoms with Crippen LogP contribution in [0.25, 0.3) is 0 Å². The van der Waals surface area contributed by atoms with Crippen LogP contribution in [0.4, 0.5) is 0 Å². The number of ether oxygens (including phenoxy) is 1. The Morgan fingerprint density at radius 3 is 2.79 bits per heavy atom. The quantitative estimate of drug-likeness (QED) is 0.767. The molecule has 14 heavy (non-hydrogen) atoms. The molecule has 0 fully saturated rings. The molecular formula is C11H13ClO2. The first-order valence-electron chi connectivity index (χ1n) is 4.52. The predicted molar refractivity (Wildman–Crippen MR) is 56.5 cm³/mol. The third-order valence-corrected chi connectivity index (χ3v) is 2.09. The first-order chi connectivity index (χ1) is 6.65. The molecule has 0 radical (unpaired) electrons. The Balaban J connectivity index is 2.93. The molecule has 0 heterocycles. The third kappa shape index (κ3) is 2.82. The normalized spacial score (nSPS) is 12.5. The standard InChI is InChI=1S/C11H13ClO2/c1-3-14-11(8(2)13)9-5-4-6-10(12)7-9/h4-7,11H,3H2,1-2H3. The molecular weight excluding hydrogens is 200 g/mol. The summed E-state index contributed by atoms with van der Waals surface area (Å²) in [4.78, 5) is 11.3. The van der Waals surface area contributed by atoms with E-state index < -0.39 is 6.10 Å². The van der Waals surface area contributed by atoms with E-state index in [9.17, 15) is 4.79 Å². The zero-order chi connectivity index (χ0) is 10.6. The number of halogens is 1. The molecule has 1 unspecified atom stereocenters. The van der Waals surface area contributed by atoms with Crippen molar-refractivity contribution in [3.05, 3.63) is 34.9 Å². The van der Waals surface area contributed by atoms with E-state index in [2.05, 4.69) is 0 Å². The number of benzene rings is 1. The van der Waals surface area contributed by atoms with Crippen LogP contribution >= 0.6 is 11.6 Å². The van der Waals surface area contributed by atoms with Crippen LogP contribution in [-0.4, -0.2) is 12.4 Å². The van der Waals surface area contributed by atoms with E-state index in [1.54, 1.807) is 12.1 Å². The highest BCUT2D eigenvalue weighted by Gasteiger charge is 2.16.